The number of rotatable bonds is 4. The largest absolute Gasteiger partial charge is 0.481 e. The van der Waals surface area contributed by atoms with Crippen molar-refractivity contribution in [1.82, 2.24) is 4.31 Å². The van der Waals surface area contributed by atoms with Gasteiger partial charge in [-0.1, -0.05) is 0 Å². The number of sulfonamides is 1. The maximum atomic E-state index is 11.6. The van der Waals surface area contributed by atoms with Crippen LogP contribution in [0.2, 0.25) is 0 Å². The van der Waals surface area contributed by atoms with Crippen molar-refractivity contribution >= 4 is 16.0 Å². The van der Waals surface area contributed by atoms with Gasteiger partial charge in [-0.15, -0.1) is 0 Å². The van der Waals surface area contributed by atoms with E-state index in [4.69, 9.17) is 5.11 Å². The number of aliphatic carboxylic acids is 1. The van der Waals surface area contributed by atoms with Crippen molar-refractivity contribution in [2.75, 3.05) is 18.8 Å². The molecule has 0 aromatic rings. The van der Waals surface area contributed by atoms with Gasteiger partial charge in [-0.3, -0.25) is 4.79 Å². The Labute approximate surface area is 88.6 Å². The Balaban J connectivity index is 2.56. The molecule has 0 aromatic heterocycles. The maximum absolute atomic E-state index is 11.6. The van der Waals surface area contributed by atoms with Gasteiger partial charge >= 0.3 is 5.97 Å². The number of carbonyl (C=O) groups is 1. The molecule has 1 fully saturated rings. The van der Waals surface area contributed by atoms with E-state index >= 15 is 0 Å². The van der Waals surface area contributed by atoms with Crippen LogP contribution < -0.4 is 0 Å². The second-order valence-corrected chi connectivity index (χ2v) is 5.70. The quantitative estimate of drug-likeness (QED) is 0.670. The van der Waals surface area contributed by atoms with Gasteiger partial charge in [0, 0.05) is 13.1 Å². The van der Waals surface area contributed by atoms with Gasteiger partial charge in [0.25, 0.3) is 0 Å². The monoisotopic (exact) mass is 237 g/mol. The smallest absolute Gasteiger partial charge is 0.304 e. The summed E-state index contributed by atoms with van der Waals surface area (Å²) in [6.07, 6.45) is 0.200. The van der Waals surface area contributed by atoms with Crippen LogP contribution in [0, 0.1) is 0 Å². The minimum Gasteiger partial charge on any atom is -0.481 e. The van der Waals surface area contributed by atoms with Gasteiger partial charge in [-0.2, -0.15) is 4.31 Å². The van der Waals surface area contributed by atoms with Crippen LogP contribution in [0.25, 0.3) is 0 Å². The molecule has 15 heavy (non-hydrogen) atoms. The number of nitrogens with zero attached hydrogens (tertiary/aromatic N) is 1. The number of hydrogen-bond acceptors (Lipinski definition) is 4. The SMILES string of the molecule is O=C(O)CCS(=O)(=O)N1CCCC(O)C1. The highest BCUT2D eigenvalue weighted by atomic mass is 32.2. The van der Waals surface area contributed by atoms with E-state index < -0.39 is 34.3 Å². The van der Waals surface area contributed by atoms with Crippen molar-refractivity contribution in [3.05, 3.63) is 0 Å². The van der Waals surface area contributed by atoms with Crippen molar-refractivity contribution in [1.29, 1.82) is 0 Å². The molecule has 0 aromatic carbocycles. The maximum Gasteiger partial charge on any atom is 0.304 e. The Hall–Kier alpha value is -0.660. The lowest BCUT2D eigenvalue weighted by Crippen LogP contribution is -2.43. The van der Waals surface area contributed by atoms with Crippen LogP contribution in [0.15, 0.2) is 0 Å². The normalized spacial score (nSPS) is 23.9. The third-order valence-electron chi connectivity index (χ3n) is 2.33. The average molecular weight is 237 g/mol. The van der Waals surface area contributed by atoms with Gasteiger partial charge in [-0.25, -0.2) is 8.42 Å². The molecule has 1 aliphatic heterocycles. The molecule has 7 heteroatoms. The first-order valence-corrected chi connectivity index (χ1v) is 6.40. The van der Waals surface area contributed by atoms with E-state index in [1.807, 2.05) is 0 Å². The molecule has 1 aliphatic rings. The minimum atomic E-state index is -3.52. The highest BCUT2D eigenvalue weighted by Gasteiger charge is 2.27. The first-order chi connectivity index (χ1) is 6.92. The number of carboxylic acids is 1. The number of aliphatic hydroxyl groups excluding tert-OH is 1. The molecule has 0 bridgehead atoms. The second-order valence-electron chi connectivity index (χ2n) is 3.61. The van der Waals surface area contributed by atoms with E-state index in [2.05, 4.69) is 0 Å². The van der Waals surface area contributed by atoms with Crippen LogP contribution in [-0.4, -0.2) is 53.9 Å². The van der Waals surface area contributed by atoms with Crippen LogP contribution in [0.3, 0.4) is 0 Å². The fourth-order valence-electron chi connectivity index (χ4n) is 1.52. The molecule has 0 radical (unpaired) electrons. The Bertz CT molecular complexity index is 326. The van der Waals surface area contributed by atoms with E-state index in [0.29, 0.717) is 19.4 Å². The van der Waals surface area contributed by atoms with E-state index in [1.54, 1.807) is 0 Å². The Morgan fingerprint density at radius 3 is 2.67 bits per heavy atom. The van der Waals surface area contributed by atoms with E-state index in [9.17, 15) is 18.3 Å². The Kier molecular flexibility index (Phi) is 4.06. The van der Waals surface area contributed by atoms with Crippen molar-refractivity contribution in [2.45, 2.75) is 25.4 Å². The van der Waals surface area contributed by atoms with Crippen molar-refractivity contribution < 1.29 is 23.4 Å². The lowest BCUT2D eigenvalue weighted by atomic mass is 10.1. The zero-order chi connectivity index (χ0) is 11.5. The molecule has 2 N–H and O–H groups in total. The summed E-state index contributed by atoms with van der Waals surface area (Å²) in [5, 5.41) is 17.7. The van der Waals surface area contributed by atoms with Gasteiger partial charge in [-0.05, 0) is 12.8 Å². The van der Waals surface area contributed by atoms with Crippen molar-refractivity contribution in [3.63, 3.8) is 0 Å². The number of hydrogen-bond donors (Lipinski definition) is 2. The first kappa shape index (κ1) is 12.4. The van der Waals surface area contributed by atoms with Gasteiger partial charge in [0.15, 0.2) is 0 Å². The standard InChI is InChI=1S/C8H15NO5S/c10-7-2-1-4-9(6-7)15(13,14)5-3-8(11)12/h7,10H,1-6H2,(H,11,12). The summed E-state index contributed by atoms with van der Waals surface area (Å²) in [5.41, 5.74) is 0. The molecule has 88 valence electrons. The molecule has 1 atom stereocenters. The fourth-order valence-corrected chi connectivity index (χ4v) is 3.02. The zero-order valence-electron chi connectivity index (χ0n) is 8.29. The van der Waals surface area contributed by atoms with Crippen LogP contribution in [0.5, 0.6) is 0 Å². The minimum absolute atomic E-state index is 0.0853. The van der Waals surface area contributed by atoms with Gasteiger partial charge < -0.3 is 10.2 Å². The fraction of sp³-hybridized carbons (Fsp3) is 0.875. The lowest BCUT2D eigenvalue weighted by molar-refractivity contribution is -0.136. The van der Waals surface area contributed by atoms with Gasteiger partial charge in [0.05, 0.1) is 18.3 Å². The number of carboxylic acid groups (broad SMARTS) is 1. The Morgan fingerprint density at radius 1 is 1.47 bits per heavy atom. The van der Waals surface area contributed by atoms with Crippen molar-refractivity contribution in [2.24, 2.45) is 0 Å². The van der Waals surface area contributed by atoms with Gasteiger partial charge in [0.2, 0.25) is 10.0 Å². The van der Waals surface area contributed by atoms with Crippen LogP contribution in [0.4, 0.5) is 0 Å². The Morgan fingerprint density at radius 2 is 2.13 bits per heavy atom. The highest BCUT2D eigenvalue weighted by Crippen LogP contribution is 2.14. The summed E-state index contributed by atoms with van der Waals surface area (Å²) in [6.45, 7) is 0.459. The van der Waals surface area contributed by atoms with Crippen molar-refractivity contribution in [3.8, 4) is 0 Å². The summed E-state index contributed by atoms with van der Waals surface area (Å²) in [5.74, 6) is -1.52. The number of aliphatic hydroxyl groups is 1. The molecule has 0 amide bonds. The lowest BCUT2D eigenvalue weighted by Gasteiger charge is -2.28. The van der Waals surface area contributed by atoms with E-state index in [0.717, 1.165) is 0 Å². The van der Waals surface area contributed by atoms with Crippen LogP contribution >= 0.6 is 0 Å². The van der Waals surface area contributed by atoms with E-state index in [1.165, 1.54) is 4.31 Å². The average Bonchev–Trinajstić information content (AvgIpc) is 2.15. The van der Waals surface area contributed by atoms with Crippen LogP contribution in [0.1, 0.15) is 19.3 Å². The second kappa shape index (κ2) is 4.91. The molecule has 1 rings (SSSR count). The molecular formula is C8H15NO5S. The first-order valence-electron chi connectivity index (χ1n) is 4.79. The molecule has 0 aliphatic carbocycles. The van der Waals surface area contributed by atoms with E-state index in [-0.39, 0.29) is 6.54 Å². The summed E-state index contributed by atoms with van der Waals surface area (Å²) in [4.78, 5) is 10.3. The zero-order valence-corrected chi connectivity index (χ0v) is 9.11. The third kappa shape index (κ3) is 3.77. The van der Waals surface area contributed by atoms with Crippen LogP contribution in [-0.2, 0) is 14.8 Å². The summed E-state index contributed by atoms with van der Waals surface area (Å²) < 4.78 is 24.3. The highest BCUT2D eigenvalue weighted by molar-refractivity contribution is 7.89. The predicted molar refractivity (Wildman–Crippen MR) is 52.9 cm³/mol. The number of piperidine rings is 1. The topological polar surface area (TPSA) is 94.9 Å². The summed E-state index contributed by atoms with van der Waals surface area (Å²) >= 11 is 0. The summed E-state index contributed by atoms with van der Waals surface area (Å²) in [6, 6.07) is 0. The molecule has 0 saturated carbocycles. The molecular weight excluding hydrogens is 222 g/mol. The predicted octanol–water partition coefficient (Wildman–Crippen LogP) is -0.752. The van der Waals surface area contributed by atoms with Gasteiger partial charge in [0.1, 0.15) is 0 Å². The molecule has 6 nitrogen and oxygen atoms in total. The molecule has 0 spiro atoms. The molecule has 1 saturated heterocycles. The number of β-amino-alcohol motifs (C(OH)–C–C–N with tert-alkyl or cyclic N) is 1. The summed E-state index contributed by atoms with van der Waals surface area (Å²) in [7, 11) is -3.52. The molecule has 1 heterocycles. The molecule has 1 unspecified atom stereocenters. The third-order valence-corrected chi connectivity index (χ3v) is 4.16.